The van der Waals surface area contributed by atoms with Gasteiger partial charge in [0.2, 0.25) is 5.95 Å². The number of fused-ring (bicyclic) bond motifs is 2. The van der Waals surface area contributed by atoms with Gasteiger partial charge in [0.05, 0.1) is 22.8 Å². The SMILES string of the molecule is CC.CC.[B]c1ccc2c(c1)C(C)(C)c1ccccc1N2c1nc(-c2ccccc2)cc(-c2ccccc2)n1. The van der Waals surface area contributed by atoms with Gasteiger partial charge in [-0.2, -0.15) is 0 Å². The van der Waals surface area contributed by atoms with Crippen molar-refractivity contribution in [2.45, 2.75) is 47.0 Å². The van der Waals surface area contributed by atoms with Crippen LogP contribution in [-0.4, -0.2) is 17.8 Å². The number of nitrogens with zero attached hydrogens (tertiary/aromatic N) is 3. The van der Waals surface area contributed by atoms with Crippen molar-refractivity contribution in [1.82, 2.24) is 9.97 Å². The van der Waals surface area contributed by atoms with Gasteiger partial charge in [0.1, 0.15) is 7.85 Å². The summed E-state index contributed by atoms with van der Waals surface area (Å²) in [7, 11) is 6.26. The Labute approximate surface area is 235 Å². The average molecular weight is 510 g/mol. The minimum absolute atomic E-state index is 0.211. The number of para-hydroxylation sites is 1. The zero-order valence-corrected chi connectivity index (χ0v) is 23.8. The molecule has 0 aliphatic carbocycles. The van der Waals surface area contributed by atoms with E-state index >= 15 is 0 Å². The number of anilines is 3. The lowest BCUT2D eigenvalue weighted by molar-refractivity contribution is 0.631. The van der Waals surface area contributed by atoms with Gasteiger partial charge in [-0.25, -0.2) is 9.97 Å². The van der Waals surface area contributed by atoms with E-state index in [1.165, 1.54) is 5.56 Å². The third-order valence-corrected chi connectivity index (χ3v) is 6.81. The number of benzene rings is 4. The zero-order chi connectivity index (χ0) is 28.0. The summed E-state index contributed by atoms with van der Waals surface area (Å²) in [5.41, 5.74) is 8.91. The Kier molecular flexibility index (Phi) is 8.66. The zero-order valence-electron chi connectivity index (χ0n) is 23.8. The molecule has 194 valence electrons. The Morgan fingerprint density at radius 3 is 1.62 bits per heavy atom. The van der Waals surface area contributed by atoms with E-state index in [0.717, 1.165) is 44.9 Å². The van der Waals surface area contributed by atoms with Gasteiger partial charge in [-0.15, -0.1) is 0 Å². The van der Waals surface area contributed by atoms with Crippen LogP contribution >= 0.6 is 0 Å². The van der Waals surface area contributed by atoms with Crippen molar-refractivity contribution in [3.05, 3.63) is 120 Å². The van der Waals surface area contributed by atoms with E-state index in [4.69, 9.17) is 17.8 Å². The maximum absolute atomic E-state index is 6.26. The monoisotopic (exact) mass is 509 g/mol. The largest absolute Gasteiger partial charge is 0.279 e. The lowest BCUT2D eigenvalue weighted by Gasteiger charge is -2.41. The molecule has 1 aliphatic rings. The second-order valence-electron chi connectivity index (χ2n) is 9.42. The Balaban J connectivity index is 0.000000845. The number of rotatable bonds is 3. The molecule has 1 aliphatic heterocycles. The third-order valence-electron chi connectivity index (χ3n) is 6.81. The fraction of sp³-hybridized carbons (Fsp3) is 0.200. The number of hydrogen-bond acceptors (Lipinski definition) is 3. The fourth-order valence-corrected chi connectivity index (χ4v) is 4.98. The van der Waals surface area contributed by atoms with Gasteiger partial charge < -0.3 is 0 Å². The van der Waals surface area contributed by atoms with Crippen molar-refractivity contribution in [3.8, 4) is 22.5 Å². The molecule has 0 atom stereocenters. The van der Waals surface area contributed by atoms with Crippen LogP contribution in [0.15, 0.2) is 109 Å². The molecule has 0 unspecified atom stereocenters. The van der Waals surface area contributed by atoms with Crippen LogP contribution in [0.25, 0.3) is 22.5 Å². The van der Waals surface area contributed by atoms with E-state index in [-0.39, 0.29) is 5.41 Å². The van der Waals surface area contributed by atoms with Gasteiger partial charge in [-0.3, -0.25) is 4.90 Å². The molecule has 0 fully saturated rings. The summed E-state index contributed by atoms with van der Waals surface area (Å²) in [6, 6.07) is 37.2. The van der Waals surface area contributed by atoms with Crippen molar-refractivity contribution >= 4 is 30.6 Å². The van der Waals surface area contributed by atoms with E-state index in [2.05, 4.69) is 85.5 Å². The maximum atomic E-state index is 6.26. The van der Waals surface area contributed by atoms with E-state index in [0.29, 0.717) is 5.95 Å². The highest BCUT2D eigenvalue weighted by Gasteiger charge is 2.37. The lowest BCUT2D eigenvalue weighted by Crippen LogP contribution is -2.32. The molecule has 0 bridgehead atoms. The first-order valence-electron chi connectivity index (χ1n) is 13.8. The van der Waals surface area contributed by atoms with Crippen molar-refractivity contribution in [2.24, 2.45) is 0 Å². The second kappa shape index (κ2) is 12.1. The topological polar surface area (TPSA) is 29.0 Å². The fourth-order valence-electron chi connectivity index (χ4n) is 4.98. The highest BCUT2D eigenvalue weighted by Crippen LogP contribution is 2.51. The first-order valence-corrected chi connectivity index (χ1v) is 13.8. The quantitative estimate of drug-likeness (QED) is 0.228. The minimum Gasteiger partial charge on any atom is -0.279 e. The molecule has 0 spiro atoms. The van der Waals surface area contributed by atoms with Crippen LogP contribution in [0.1, 0.15) is 52.7 Å². The molecule has 2 heterocycles. The summed E-state index contributed by atoms with van der Waals surface area (Å²) in [4.78, 5) is 12.4. The van der Waals surface area contributed by atoms with Crippen LogP contribution in [-0.2, 0) is 5.41 Å². The van der Waals surface area contributed by atoms with Gasteiger partial charge >= 0.3 is 0 Å². The molecule has 2 radical (unpaired) electrons. The summed E-state index contributed by atoms with van der Waals surface area (Å²) in [6.07, 6.45) is 0. The predicted octanol–water partition coefficient (Wildman–Crippen LogP) is 8.77. The molecule has 6 rings (SSSR count). The summed E-state index contributed by atoms with van der Waals surface area (Å²) in [5.74, 6) is 0.638. The molecular weight excluding hydrogens is 473 g/mol. The molecule has 1 aromatic heterocycles. The summed E-state index contributed by atoms with van der Waals surface area (Å²) < 4.78 is 0. The molecular formula is C35H36BN3. The molecule has 0 amide bonds. The Morgan fingerprint density at radius 2 is 1.05 bits per heavy atom. The molecule has 0 N–H and O–H groups in total. The maximum Gasteiger partial charge on any atom is 0.235 e. The van der Waals surface area contributed by atoms with Crippen molar-refractivity contribution in [2.75, 3.05) is 4.90 Å². The van der Waals surface area contributed by atoms with Crippen molar-refractivity contribution in [1.29, 1.82) is 0 Å². The van der Waals surface area contributed by atoms with Gasteiger partial charge in [-0.1, -0.05) is 138 Å². The van der Waals surface area contributed by atoms with E-state index < -0.39 is 0 Å². The Hall–Kier alpha value is -4.18. The minimum atomic E-state index is -0.211. The number of aromatic nitrogens is 2. The summed E-state index contributed by atoms with van der Waals surface area (Å²) >= 11 is 0. The highest BCUT2D eigenvalue weighted by atomic mass is 15.3. The van der Waals surface area contributed by atoms with Crippen LogP contribution in [0.2, 0.25) is 0 Å². The molecule has 5 aromatic rings. The molecule has 0 saturated heterocycles. The molecule has 39 heavy (non-hydrogen) atoms. The number of hydrogen-bond donors (Lipinski definition) is 0. The predicted molar refractivity (Wildman–Crippen MR) is 168 cm³/mol. The first kappa shape index (κ1) is 27.8. The Morgan fingerprint density at radius 1 is 0.564 bits per heavy atom. The van der Waals surface area contributed by atoms with E-state index in [1.807, 2.05) is 70.2 Å². The van der Waals surface area contributed by atoms with Gasteiger partial charge in [0.25, 0.3) is 0 Å². The van der Waals surface area contributed by atoms with Crippen LogP contribution in [0.5, 0.6) is 0 Å². The van der Waals surface area contributed by atoms with Gasteiger partial charge in [0.15, 0.2) is 0 Å². The van der Waals surface area contributed by atoms with Crippen LogP contribution in [0, 0.1) is 0 Å². The molecule has 4 aromatic carbocycles. The van der Waals surface area contributed by atoms with Gasteiger partial charge in [-0.05, 0) is 29.3 Å². The summed E-state index contributed by atoms with van der Waals surface area (Å²) in [5, 5.41) is 0. The van der Waals surface area contributed by atoms with Crippen molar-refractivity contribution < 1.29 is 0 Å². The van der Waals surface area contributed by atoms with Crippen LogP contribution in [0.4, 0.5) is 17.3 Å². The Bertz CT molecular complexity index is 1470. The molecule has 4 heteroatoms. The third kappa shape index (κ3) is 5.38. The van der Waals surface area contributed by atoms with Crippen LogP contribution < -0.4 is 10.4 Å². The standard InChI is InChI=1S/C31H24BN3.2C2H6/c1-31(2)24-15-9-10-16-28(24)35(29-18-17-23(32)19-25(29)31)30-33-26(21-11-5-3-6-12-21)20-27(34-30)22-13-7-4-8-14-22;2*1-2/h3-20H,1-2H3;2*1-2H3. The van der Waals surface area contributed by atoms with E-state index in [1.54, 1.807) is 0 Å². The second-order valence-corrected chi connectivity index (χ2v) is 9.42. The molecule has 0 saturated carbocycles. The summed E-state index contributed by atoms with van der Waals surface area (Å²) in [6.45, 7) is 12.5. The molecule has 3 nitrogen and oxygen atoms in total. The lowest BCUT2D eigenvalue weighted by atomic mass is 9.72. The van der Waals surface area contributed by atoms with Crippen LogP contribution in [0.3, 0.4) is 0 Å². The van der Waals surface area contributed by atoms with E-state index in [9.17, 15) is 0 Å². The first-order chi connectivity index (χ1) is 19.0. The average Bonchev–Trinajstić information content (AvgIpc) is 3.00. The highest BCUT2D eigenvalue weighted by molar-refractivity contribution is 6.32. The smallest absolute Gasteiger partial charge is 0.235 e. The normalized spacial score (nSPS) is 12.6. The van der Waals surface area contributed by atoms with Gasteiger partial charge in [0, 0.05) is 16.5 Å². The van der Waals surface area contributed by atoms with Crippen molar-refractivity contribution in [3.63, 3.8) is 0 Å².